The van der Waals surface area contributed by atoms with Crippen LogP contribution in [0, 0.1) is 0 Å². The Kier molecular flexibility index (Phi) is 3.55. The van der Waals surface area contributed by atoms with E-state index in [4.69, 9.17) is 4.98 Å². The van der Waals surface area contributed by atoms with Crippen molar-refractivity contribution in [3.05, 3.63) is 33.5 Å². The number of nitrogens with zero attached hydrogens (tertiary/aromatic N) is 3. The van der Waals surface area contributed by atoms with Gasteiger partial charge in [0.1, 0.15) is 5.01 Å². The molecule has 5 heteroatoms. The third kappa shape index (κ3) is 2.77. The predicted octanol–water partition coefficient (Wildman–Crippen LogP) is 3.08. The number of hydrogen-bond acceptors (Lipinski definition) is 4. The Bertz CT molecular complexity index is 605. The van der Waals surface area contributed by atoms with Crippen LogP contribution in [0.4, 0.5) is 0 Å². The van der Waals surface area contributed by atoms with Gasteiger partial charge in [-0.05, 0) is 38.5 Å². The van der Waals surface area contributed by atoms with E-state index in [0.29, 0.717) is 6.04 Å². The Hall–Kier alpha value is -1.20. The summed E-state index contributed by atoms with van der Waals surface area (Å²) in [5.41, 5.74) is 2.61. The van der Waals surface area contributed by atoms with E-state index in [0.717, 1.165) is 19.4 Å². The highest BCUT2D eigenvalue weighted by molar-refractivity contribution is 7.11. The van der Waals surface area contributed by atoms with Crippen LogP contribution in [-0.2, 0) is 19.4 Å². The molecule has 1 saturated carbocycles. The molecule has 112 valence electrons. The van der Waals surface area contributed by atoms with Crippen LogP contribution in [0.15, 0.2) is 12.4 Å². The molecule has 0 saturated heterocycles. The SMILES string of the molecule is CCCn1cc(C(NC2CC2)c2nc3c(s2)CCC3)cn1. The smallest absolute Gasteiger partial charge is 0.115 e. The van der Waals surface area contributed by atoms with Crippen LogP contribution in [0.5, 0.6) is 0 Å². The maximum absolute atomic E-state index is 4.92. The van der Waals surface area contributed by atoms with E-state index >= 15 is 0 Å². The summed E-state index contributed by atoms with van der Waals surface area (Å²) < 4.78 is 2.05. The Labute approximate surface area is 129 Å². The average molecular weight is 302 g/mol. The first-order chi connectivity index (χ1) is 10.3. The maximum atomic E-state index is 4.92. The van der Waals surface area contributed by atoms with Gasteiger partial charge in [0.15, 0.2) is 0 Å². The second kappa shape index (κ2) is 5.54. The molecular weight excluding hydrogens is 280 g/mol. The fraction of sp³-hybridized carbons (Fsp3) is 0.625. The number of thiazole rings is 1. The predicted molar refractivity (Wildman–Crippen MR) is 84.7 cm³/mol. The van der Waals surface area contributed by atoms with Gasteiger partial charge in [0.2, 0.25) is 0 Å². The lowest BCUT2D eigenvalue weighted by atomic mass is 10.1. The topological polar surface area (TPSA) is 42.7 Å². The van der Waals surface area contributed by atoms with Gasteiger partial charge in [-0.3, -0.25) is 4.68 Å². The molecule has 4 rings (SSSR count). The number of hydrogen-bond donors (Lipinski definition) is 1. The first-order valence-electron chi connectivity index (χ1n) is 8.10. The van der Waals surface area contributed by atoms with E-state index in [9.17, 15) is 0 Å². The Morgan fingerprint density at radius 2 is 2.33 bits per heavy atom. The summed E-state index contributed by atoms with van der Waals surface area (Å²) in [4.78, 5) is 6.43. The molecular formula is C16H22N4S. The van der Waals surface area contributed by atoms with E-state index in [-0.39, 0.29) is 6.04 Å². The number of nitrogens with one attached hydrogen (secondary N) is 1. The van der Waals surface area contributed by atoms with E-state index < -0.39 is 0 Å². The summed E-state index contributed by atoms with van der Waals surface area (Å²) in [6.07, 6.45) is 11.6. The largest absolute Gasteiger partial charge is 0.301 e. The van der Waals surface area contributed by atoms with Crippen molar-refractivity contribution >= 4 is 11.3 Å². The standard InChI is InChI=1S/C16H22N4S/c1-2-8-20-10-11(9-17-20)15(18-12-6-7-12)16-19-13-4-3-5-14(13)21-16/h9-10,12,15,18H,2-8H2,1H3. The number of fused-ring (bicyclic) bond motifs is 1. The van der Waals surface area contributed by atoms with Crippen molar-refractivity contribution < 1.29 is 0 Å². The van der Waals surface area contributed by atoms with Crippen LogP contribution < -0.4 is 5.32 Å². The normalized spacial score (nSPS) is 18.9. The van der Waals surface area contributed by atoms with Gasteiger partial charge in [0, 0.05) is 29.2 Å². The number of aromatic nitrogens is 3. The molecule has 1 N–H and O–H groups in total. The molecule has 0 radical (unpaired) electrons. The molecule has 0 aliphatic heterocycles. The van der Waals surface area contributed by atoms with Crippen molar-refractivity contribution in [2.45, 2.75) is 64.1 Å². The summed E-state index contributed by atoms with van der Waals surface area (Å²) in [7, 11) is 0. The minimum atomic E-state index is 0.235. The molecule has 0 amide bonds. The maximum Gasteiger partial charge on any atom is 0.115 e. The van der Waals surface area contributed by atoms with Gasteiger partial charge in [0.25, 0.3) is 0 Å². The Morgan fingerprint density at radius 1 is 1.43 bits per heavy atom. The lowest BCUT2D eigenvalue weighted by molar-refractivity contribution is 0.586. The van der Waals surface area contributed by atoms with Crippen molar-refractivity contribution in [2.24, 2.45) is 0 Å². The van der Waals surface area contributed by atoms with Gasteiger partial charge in [-0.2, -0.15) is 5.10 Å². The second-order valence-corrected chi connectivity index (χ2v) is 7.30. The molecule has 2 heterocycles. The highest BCUT2D eigenvalue weighted by Crippen LogP contribution is 2.35. The van der Waals surface area contributed by atoms with Gasteiger partial charge in [0.05, 0.1) is 17.9 Å². The first-order valence-corrected chi connectivity index (χ1v) is 8.92. The molecule has 1 fully saturated rings. The van der Waals surface area contributed by atoms with Gasteiger partial charge in [-0.15, -0.1) is 11.3 Å². The third-order valence-electron chi connectivity index (χ3n) is 4.28. The van der Waals surface area contributed by atoms with Crippen molar-refractivity contribution in [1.29, 1.82) is 0 Å². The third-order valence-corrected chi connectivity index (χ3v) is 5.50. The molecule has 4 nitrogen and oxygen atoms in total. The van der Waals surface area contributed by atoms with Gasteiger partial charge >= 0.3 is 0 Å². The van der Waals surface area contributed by atoms with E-state index in [1.165, 1.54) is 46.8 Å². The van der Waals surface area contributed by atoms with Crippen molar-refractivity contribution in [1.82, 2.24) is 20.1 Å². The van der Waals surface area contributed by atoms with Crippen LogP contribution in [0.1, 0.15) is 59.8 Å². The van der Waals surface area contributed by atoms with E-state index in [2.05, 4.69) is 28.2 Å². The zero-order valence-electron chi connectivity index (χ0n) is 12.5. The lowest BCUT2D eigenvalue weighted by Crippen LogP contribution is -2.24. The summed E-state index contributed by atoms with van der Waals surface area (Å²) >= 11 is 1.91. The van der Waals surface area contributed by atoms with Crippen LogP contribution in [-0.4, -0.2) is 20.8 Å². The van der Waals surface area contributed by atoms with Crippen molar-refractivity contribution in [2.75, 3.05) is 0 Å². The molecule has 0 bridgehead atoms. The summed E-state index contributed by atoms with van der Waals surface area (Å²) in [6, 6.07) is 0.905. The van der Waals surface area contributed by atoms with Crippen LogP contribution in [0.25, 0.3) is 0 Å². The molecule has 2 aromatic rings. The molecule has 0 spiro atoms. The number of rotatable bonds is 6. The molecule has 0 aromatic carbocycles. The highest BCUT2D eigenvalue weighted by atomic mass is 32.1. The number of aryl methyl sites for hydroxylation is 3. The van der Waals surface area contributed by atoms with Crippen LogP contribution in [0.2, 0.25) is 0 Å². The van der Waals surface area contributed by atoms with E-state index in [1.54, 1.807) is 0 Å². The average Bonchev–Trinajstić information content (AvgIpc) is 2.88. The molecule has 2 aliphatic rings. The second-order valence-electron chi connectivity index (χ2n) is 6.19. The van der Waals surface area contributed by atoms with Gasteiger partial charge in [-0.25, -0.2) is 4.98 Å². The Balaban J connectivity index is 1.62. The molecule has 21 heavy (non-hydrogen) atoms. The van der Waals surface area contributed by atoms with Crippen molar-refractivity contribution in [3.8, 4) is 0 Å². The molecule has 1 unspecified atom stereocenters. The monoisotopic (exact) mass is 302 g/mol. The summed E-state index contributed by atoms with van der Waals surface area (Å²) in [5, 5.41) is 9.50. The lowest BCUT2D eigenvalue weighted by Gasteiger charge is -2.14. The fourth-order valence-electron chi connectivity index (χ4n) is 3.01. The minimum absolute atomic E-state index is 0.235. The Morgan fingerprint density at radius 3 is 3.10 bits per heavy atom. The quantitative estimate of drug-likeness (QED) is 0.891. The first kappa shape index (κ1) is 13.5. The highest BCUT2D eigenvalue weighted by Gasteiger charge is 2.30. The van der Waals surface area contributed by atoms with Crippen LogP contribution in [0.3, 0.4) is 0 Å². The minimum Gasteiger partial charge on any atom is -0.301 e. The molecule has 2 aliphatic carbocycles. The van der Waals surface area contributed by atoms with Crippen LogP contribution >= 0.6 is 11.3 Å². The van der Waals surface area contributed by atoms with Gasteiger partial charge in [-0.1, -0.05) is 6.92 Å². The zero-order chi connectivity index (χ0) is 14.2. The molecule has 2 aromatic heterocycles. The summed E-state index contributed by atoms with van der Waals surface area (Å²) in [6.45, 7) is 3.18. The summed E-state index contributed by atoms with van der Waals surface area (Å²) in [5.74, 6) is 0. The van der Waals surface area contributed by atoms with Gasteiger partial charge < -0.3 is 5.32 Å². The van der Waals surface area contributed by atoms with E-state index in [1.807, 2.05) is 17.5 Å². The van der Waals surface area contributed by atoms with Crippen molar-refractivity contribution in [3.63, 3.8) is 0 Å². The zero-order valence-corrected chi connectivity index (χ0v) is 13.3. The molecule has 1 atom stereocenters. The fourth-order valence-corrected chi connectivity index (χ4v) is 4.25.